The number of benzene rings is 1. The highest BCUT2D eigenvalue weighted by molar-refractivity contribution is 6.01. The quantitative estimate of drug-likeness (QED) is 0.390. The fourth-order valence-corrected chi connectivity index (χ4v) is 5.06. The highest BCUT2D eigenvalue weighted by atomic mass is 16.5. The van der Waals surface area contributed by atoms with Crippen LogP contribution in [0.1, 0.15) is 18.5 Å². The number of fused-ring (bicyclic) bond motifs is 4. The van der Waals surface area contributed by atoms with Gasteiger partial charge in [-0.3, -0.25) is 9.59 Å². The Kier molecular flexibility index (Phi) is 6.23. The molecule has 2 N–H and O–H groups in total. The molecule has 11 heteroatoms. The molecular weight excluding hydrogens is 476 g/mol. The van der Waals surface area contributed by atoms with E-state index in [9.17, 15) is 9.59 Å². The van der Waals surface area contributed by atoms with Crippen molar-refractivity contribution in [3.63, 3.8) is 0 Å². The van der Waals surface area contributed by atoms with Crippen molar-refractivity contribution in [1.82, 2.24) is 24.8 Å². The second kappa shape index (κ2) is 9.83. The molecule has 0 radical (unpaired) electrons. The van der Waals surface area contributed by atoms with Gasteiger partial charge >= 0.3 is 0 Å². The Balaban J connectivity index is 1.08. The molecule has 6 rings (SSSR count). The number of oxazole rings is 1. The van der Waals surface area contributed by atoms with Gasteiger partial charge in [0.25, 0.3) is 11.5 Å². The molecule has 1 fully saturated rings. The van der Waals surface area contributed by atoms with Crippen molar-refractivity contribution in [3.8, 4) is 11.5 Å². The highest BCUT2D eigenvalue weighted by Crippen LogP contribution is 2.27. The molecule has 0 spiro atoms. The van der Waals surface area contributed by atoms with Gasteiger partial charge in [-0.05, 0) is 50.2 Å². The van der Waals surface area contributed by atoms with Crippen LogP contribution in [0, 0.1) is 0 Å². The number of carbonyl (C=O) groups excluding carboxylic acids is 1. The summed E-state index contributed by atoms with van der Waals surface area (Å²) in [6.07, 6.45) is 3.31. The Morgan fingerprint density at radius 3 is 2.86 bits per heavy atom. The minimum absolute atomic E-state index is 0.0265. The zero-order valence-corrected chi connectivity index (χ0v) is 20.5. The zero-order chi connectivity index (χ0) is 25.4. The first-order valence-corrected chi connectivity index (χ1v) is 12.4. The molecule has 1 saturated heterocycles. The van der Waals surface area contributed by atoms with Crippen LogP contribution in [-0.4, -0.2) is 64.7 Å². The van der Waals surface area contributed by atoms with Crippen molar-refractivity contribution in [1.29, 1.82) is 0 Å². The number of aromatic nitrogens is 3. The Bertz CT molecular complexity index is 1520. The average molecular weight is 505 g/mol. The Morgan fingerprint density at radius 1 is 1.16 bits per heavy atom. The van der Waals surface area contributed by atoms with E-state index in [-0.39, 0.29) is 18.1 Å². The van der Waals surface area contributed by atoms with Crippen LogP contribution in [0.15, 0.2) is 45.9 Å². The third-order valence-corrected chi connectivity index (χ3v) is 7.09. The van der Waals surface area contributed by atoms with Gasteiger partial charge < -0.3 is 34.0 Å². The lowest BCUT2D eigenvalue weighted by atomic mass is 10.0. The molecule has 192 valence electrons. The lowest BCUT2D eigenvalue weighted by Crippen LogP contribution is -2.43. The van der Waals surface area contributed by atoms with E-state index < -0.39 is 0 Å². The van der Waals surface area contributed by atoms with Crippen LogP contribution in [0.5, 0.6) is 11.5 Å². The van der Waals surface area contributed by atoms with Gasteiger partial charge in [0, 0.05) is 37.1 Å². The molecule has 3 aromatic heterocycles. The van der Waals surface area contributed by atoms with Crippen molar-refractivity contribution < 1.29 is 18.7 Å². The average Bonchev–Trinajstić information content (AvgIpc) is 3.42. The number of methoxy groups -OCH3 is 1. The fraction of sp³-hybridized carbons (Fsp3) is 0.385. The molecule has 1 amide bonds. The summed E-state index contributed by atoms with van der Waals surface area (Å²) in [6.45, 7) is 3.82. The van der Waals surface area contributed by atoms with Gasteiger partial charge in [0.05, 0.1) is 18.3 Å². The molecular formula is C26H28N6O5. The second-order valence-electron chi connectivity index (χ2n) is 9.35. The van der Waals surface area contributed by atoms with Gasteiger partial charge in [-0.1, -0.05) is 0 Å². The number of rotatable bonds is 7. The van der Waals surface area contributed by atoms with Crippen LogP contribution >= 0.6 is 0 Å². The number of hydrogen-bond acceptors (Lipinski definition) is 9. The van der Waals surface area contributed by atoms with Crippen molar-refractivity contribution in [2.24, 2.45) is 0 Å². The Morgan fingerprint density at radius 2 is 2.03 bits per heavy atom. The minimum atomic E-state index is -0.187. The number of piperidine rings is 1. The van der Waals surface area contributed by atoms with E-state index in [2.05, 4.69) is 25.5 Å². The van der Waals surface area contributed by atoms with Gasteiger partial charge in [-0.2, -0.15) is 0 Å². The van der Waals surface area contributed by atoms with Crippen LogP contribution in [0.2, 0.25) is 0 Å². The van der Waals surface area contributed by atoms with Crippen LogP contribution < -0.4 is 25.7 Å². The van der Waals surface area contributed by atoms with Crippen molar-refractivity contribution in [2.45, 2.75) is 32.0 Å². The summed E-state index contributed by atoms with van der Waals surface area (Å²) in [5.41, 5.74) is 2.35. The summed E-state index contributed by atoms with van der Waals surface area (Å²) in [6, 6.07) is 9.79. The Labute approximate surface area is 212 Å². The SMILES string of the molecule is COc1ccc2c3ocnc3c(=O)n(CCN3CCC(NCc4ccc5c(n4)NC(=O)CO5)CC3)c2c1. The number of pyridine rings is 2. The van der Waals surface area contributed by atoms with E-state index in [0.29, 0.717) is 47.5 Å². The smallest absolute Gasteiger partial charge is 0.280 e. The minimum Gasteiger partial charge on any atom is -0.497 e. The molecule has 5 heterocycles. The largest absolute Gasteiger partial charge is 0.497 e. The number of nitrogens with zero attached hydrogens (tertiary/aromatic N) is 4. The summed E-state index contributed by atoms with van der Waals surface area (Å²) in [5.74, 6) is 1.59. The predicted octanol–water partition coefficient (Wildman–Crippen LogP) is 2.13. The molecule has 0 saturated carbocycles. The van der Waals surface area contributed by atoms with Crippen molar-refractivity contribution >= 4 is 33.7 Å². The molecule has 1 aromatic carbocycles. The van der Waals surface area contributed by atoms with Crippen molar-refractivity contribution in [3.05, 3.63) is 52.8 Å². The van der Waals surface area contributed by atoms with Gasteiger partial charge in [-0.15, -0.1) is 0 Å². The first-order chi connectivity index (χ1) is 18.1. The van der Waals surface area contributed by atoms with E-state index in [1.165, 1.54) is 6.39 Å². The van der Waals surface area contributed by atoms with E-state index in [4.69, 9.17) is 13.9 Å². The molecule has 0 aliphatic carbocycles. The van der Waals surface area contributed by atoms with Crippen LogP contribution in [0.25, 0.3) is 22.0 Å². The first-order valence-electron chi connectivity index (χ1n) is 12.4. The molecule has 4 aromatic rings. The Hall–Kier alpha value is -3.96. The molecule has 2 aliphatic heterocycles. The number of hydrogen-bond donors (Lipinski definition) is 2. The van der Waals surface area contributed by atoms with Crippen molar-refractivity contribution in [2.75, 3.05) is 38.7 Å². The van der Waals surface area contributed by atoms with Crippen LogP contribution in [0.4, 0.5) is 5.82 Å². The molecule has 2 aliphatic rings. The number of nitrogens with one attached hydrogen (secondary N) is 2. The lowest BCUT2D eigenvalue weighted by molar-refractivity contribution is -0.118. The summed E-state index contributed by atoms with van der Waals surface area (Å²) >= 11 is 0. The number of likely N-dealkylation sites (tertiary alicyclic amines) is 1. The maximum atomic E-state index is 13.2. The third-order valence-electron chi connectivity index (χ3n) is 7.09. The first kappa shape index (κ1) is 23.4. The fourth-order valence-electron chi connectivity index (χ4n) is 5.06. The number of amides is 1. The zero-order valence-electron chi connectivity index (χ0n) is 20.5. The van der Waals surface area contributed by atoms with Crippen LogP contribution in [0.3, 0.4) is 0 Å². The van der Waals surface area contributed by atoms with E-state index in [1.54, 1.807) is 11.7 Å². The monoisotopic (exact) mass is 504 g/mol. The van der Waals surface area contributed by atoms with Crippen LogP contribution in [-0.2, 0) is 17.9 Å². The number of ether oxygens (including phenoxy) is 2. The summed E-state index contributed by atoms with van der Waals surface area (Å²) in [7, 11) is 1.61. The second-order valence-corrected chi connectivity index (χ2v) is 9.35. The molecule has 11 nitrogen and oxygen atoms in total. The topological polar surface area (TPSA) is 124 Å². The van der Waals surface area contributed by atoms with E-state index >= 15 is 0 Å². The normalized spacial score (nSPS) is 16.5. The summed E-state index contributed by atoms with van der Waals surface area (Å²) in [5, 5.41) is 7.18. The maximum absolute atomic E-state index is 13.2. The maximum Gasteiger partial charge on any atom is 0.280 e. The summed E-state index contributed by atoms with van der Waals surface area (Å²) in [4.78, 5) is 35.8. The van der Waals surface area contributed by atoms with Gasteiger partial charge in [0.2, 0.25) is 0 Å². The molecule has 37 heavy (non-hydrogen) atoms. The number of anilines is 1. The predicted molar refractivity (Wildman–Crippen MR) is 137 cm³/mol. The van der Waals surface area contributed by atoms with Gasteiger partial charge in [-0.25, -0.2) is 9.97 Å². The summed E-state index contributed by atoms with van der Waals surface area (Å²) < 4.78 is 18.1. The molecule has 0 unspecified atom stereocenters. The number of carbonyl (C=O) groups is 1. The van der Waals surface area contributed by atoms with E-state index in [0.717, 1.165) is 49.1 Å². The molecule has 0 atom stereocenters. The van der Waals surface area contributed by atoms with Gasteiger partial charge in [0.1, 0.15) is 5.75 Å². The highest BCUT2D eigenvalue weighted by Gasteiger charge is 2.22. The van der Waals surface area contributed by atoms with Gasteiger partial charge in [0.15, 0.2) is 35.7 Å². The standard InChI is InChI=1S/C26H28N6O5/c1-35-18-3-4-19-20(12-18)32(26(34)23-24(19)37-15-28-23)11-10-31-8-6-16(7-9-31)27-13-17-2-5-21-25(29-17)30-22(33)14-36-21/h2-5,12,15-16,27H,6-11,13-14H2,1H3,(H,29,30,33). The molecule has 0 bridgehead atoms. The van der Waals surface area contributed by atoms with E-state index in [1.807, 2.05) is 30.3 Å². The lowest BCUT2D eigenvalue weighted by Gasteiger charge is -2.32. The third kappa shape index (κ3) is 4.63.